The van der Waals surface area contributed by atoms with Gasteiger partial charge in [0, 0.05) is 0 Å². The molecule has 1 aromatic carbocycles. The second kappa shape index (κ2) is 7.80. The summed E-state index contributed by atoms with van der Waals surface area (Å²) < 4.78 is 5.72. The number of hydrogen-bond donors (Lipinski definition) is 1. The lowest BCUT2D eigenvalue weighted by molar-refractivity contribution is 0.464. The largest absolute Gasteiger partial charge is 0.437 e. The highest BCUT2D eigenvalue weighted by molar-refractivity contribution is 5.68. The van der Waals surface area contributed by atoms with Gasteiger partial charge >= 0.3 is 0 Å². The number of benzene rings is 1. The topological polar surface area (TPSA) is 112 Å². The number of nitriles is 2. The van der Waals surface area contributed by atoms with Gasteiger partial charge in [-0.3, -0.25) is 0 Å². The first-order valence-corrected chi connectivity index (χ1v) is 7.44. The average Bonchev–Trinajstić information content (AvgIpc) is 2.57. The molecule has 2 N–H and O–H groups in total. The molecule has 0 fully saturated rings. The highest BCUT2D eigenvalue weighted by Gasteiger charge is 2.16. The number of aromatic nitrogens is 2. The van der Waals surface area contributed by atoms with Crippen LogP contribution in [0.25, 0.3) is 0 Å². The van der Waals surface area contributed by atoms with Gasteiger partial charge in [0.15, 0.2) is 5.82 Å². The van der Waals surface area contributed by atoms with Gasteiger partial charge in [0.25, 0.3) is 0 Å². The Morgan fingerprint density at radius 2 is 1.75 bits per heavy atom. The fourth-order valence-corrected chi connectivity index (χ4v) is 2.11. The van der Waals surface area contributed by atoms with E-state index in [-0.39, 0.29) is 24.7 Å². The predicted molar refractivity (Wildman–Crippen MR) is 90.5 cm³/mol. The fourth-order valence-electron chi connectivity index (χ4n) is 2.11. The van der Waals surface area contributed by atoms with Crippen LogP contribution in [0, 0.1) is 22.7 Å². The molecular formula is C17H18N6O. The molecule has 24 heavy (non-hydrogen) atoms. The van der Waals surface area contributed by atoms with Crippen LogP contribution >= 0.6 is 0 Å². The molecule has 0 saturated carbocycles. The van der Waals surface area contributed by atoms with Crippen molar-refractivity contribution in [1.82, 2.24) is 9.97 Å². The van der Waals surface area contributed by atoms with Crippen LogP contribution in [-0.4, -0.2) is 23.1 Å². The average molecular weight is 322 g/mol. The molecule has 7 heteroatoms. The molecule has 7 nitrogen and oxygen atoms in total. The minimum Gasteiger partial charge on any atom is -0.437 e. The summed E-state index contributed by atoms with van der Waals surface area (Å²) in [5, 5.41) is 17.7. The lowest BCUT2D eigenvalue weighted by atomic mass is 10.0. The van der Waals surface area contributed by atoms with Crippen molar-refractivity contribution in [1.29, 1.82) is 10.5 Å². The summed E-state index contributed by atoms with van der Waals surface area (Å²) in [6, 6.07) is 11.6. The Hall–Kier alpha value is -3.32. The first-order valence-electron chi connectivity index (χ1n) is 7.44. The molecule has 0 unspecified atom stereocenters. The van der Waals surface area contributed by atoms with Crippen molar-refractivity contribution >= 4 is 11.5 Å². The summed E-state index contributed by atoms with van der Waals surface area (Å²) >= 11 is 0. The second-order valence-electron chi connectivity index (χ2n) is 5.41. The van der Waals surface area contributed by atoms with Gasteiger partial charge in [0.1, 0.15) is 30.9 Å². The van der Waals surface area contributed by atoms with Crippen molar-refractivity contribution < 1.29 is 4.74 Å². The number of nitrogens with two attached hydrogens (primary N) is 1. The molecule has 0 aliphatic heterocycles. The van der Waals surface area contributed by atoms with Crippen molar-refractivity contribution in [2.24, 2.45) is 0 Å². The highest BCUT2D eigenvalue weighted by atomic mass is 16.5. The van der Waals surface area contributed by atoms with E-state index in [1.54, 1.807) is 0 Å². The van der Waals surface area contributed by atoms with E-state index in [0.29, 0.717) is 17.5 Å². The molecule has 0 aliphatic carbocycles. The zero-order chi connectivity index (χ0) is 17.5. The molecule has 0 radical (unpaired) electrons. The molecule has 0 aliphatic rings. The number of ether oxygens (including phenoxy) is 1. The van der Waals surface area contributed by atoms with Crippen molar-refractivity contribution in [3.05, 3.63) is 36.2 Å². The van der Waals surface area contributed by atoms with E-state index < -0.39 is 0 Å². The minimum absolute atomic E-state index is 0.00268. The quantitative estimate of drug-likeness (QED) is 0.814. The van der Waals surface area contributed by atoms with Crippen LogP contribution in [0.1, 0.15) is 25.3 Å². The molecule has 2 rings (SSSR count). The van der Waals surface area contributed by atoms with E-state index in [1.165, 1.54) is 16.8 Å². The molecule has 0 amide bonds. The molecule has 122 valence electrons. The van der Waals surface area contributed by atoms with Crippen molar-refractivity contribution in [2.45, 2.75) is 19.8 Å². The van der Waals surface area contributed by atoms with E-state index in [4.69, 9.17) is 21.0 Å². The molecule has 2 aromatic rings. The third-order valence-electron chi connectivity index (χ3n) is 3.41. The first-order chi connectivity index (χ1) is 11.6. The van der Waals surface area contributed by atoms with Crippen LogP contribution in [0.5, 0.6) is 11.6 Å². The van der Waals surface area contributed by atoms with Crippen LogP contribution in [0.15, 0.2) is 30.6 Å². The Morgan fingerprint density at radius 1 is 1.12 bits per heavy atom. The van der Waals surface area contributed by atoms with Gasteiger partial charge in [0.05, 0.1) is 12.1 Å². The fraction of sp³-hybridized carbons (Fsp3) is 0.294. The number of nitrogens with zero attached hydrogens (tertiary/aromatic N) is 5. The molecule has 0 bridgehead atoms. The van der Waals surface area contributed by atoms with Crippen LogP contribution in [0.2, 0.25) is 0 Å². The summed E-state index contributed by atoms with van der Waals surface area (Å²) in [7, 11) is 0. The Bertz CT molecular complexity index is 757. The number of anilines is 2. The summed E-state index contributed by atoms with van der Waals surface area (Å²) in [6.07, 6.45) is 1.30. The maximum absolute atomic E-state index is 8.87. The predicted octanol–water partition coefficient (Wildman–Crippen LogP) is 2.83. The number of rotatable bonds is 6. The molecule has 0 saturated heterocycles. The number of hydrogen-bond acceptors (Lipinski definition) is 7. The Kier molecular flexibility index (Phi) is 5.54. The van der Waals surface area contributed by atoms with Crippen LogP contribution in [-0.2, 0) is 0 Å². The van der Waals surface area contributed by atoms with E-state index in [1.807, 2.05) is 36.4 Å². The summed E-state index contributed by atoms with van der Waals surface area (Å²) in [4.78, 5) is 9.57. The second-order valence-corrected chi connectivity index (χ2v) is 5.41. The zero-order valence-electron chi connectivity index (χ0n) is 13.6. The van der Waals surface area contributed by atoms with Crippen molar-refractivity contribution in [2.75, 3.05) is 23.7 Å². The van der Waals surface area contributed by atoms with Gasteiger partial charge in [-0.1, -0.05) is 26.0 Å². The monoisotopic (exact) mass is 322 g/mol. The van der Waals surface area contributed by atoms with Gasteiger partial charge in [-0.05, 0) is 23.6 Å². The number of nitrogen functional groups attached to an aromatic ring is 1. The summed E-state index contributed by atoms with van der Waals surface area (Å²) in [5.41, 5.74) is 7.45. The molecule has 0 spiro atoms. The minimum atomic E-state index is -0.00268. The smallest absolute Gasteiger partial charge is 0.248 e. The molecular weight excluding hydrogens is 304 g/mol. The van der Waals surface area contributed by atoms with E-state index in [0.717, 1.165) is 0 Å². The maximum Gasteiger partial charge on any atom is 0.248 e. The van der Waals surface area contributed by atoms with Crippen molar-refractivity contribution in [3.8, 4) is 23.8 Å². The zero-order valence-corrected chi connectivity index (χ0v) is 13.6. The molecule has 1 heterocycles. The van der Waals surface area contributed by atoms with E-state index >= 15 is 0 Å². The van der Waals surface area contributed by atoms with Gasteiger partial charge in [-0.2, -0.15) is 15.5 Å². The van der Waals surface area contributed by atoms with Gasteiger partial charge < -0.3 is 15.4 Å². The van der Waals surface area contributed by atoms with Gasteiger partial charge in [-0.15, -0.1) is 0 Å². The lowest BCUT2D eigenvalue weighted by Crippen LogP contribution is -2.26. The Morgan fingerprint density at radius 3 is 2.29 bits per heavy atom. The molecule has 1 aromatic heterocycles. The highest BCUT2D eigenvalue weighted by Crippen LogP contribution is 2.31. The SMILES string of the molecule is CC(C)c1ccc(Oc2ncnc(N(CC#N)CC#N)c2N)cc1. The third-order valence-corrected chi connectivity index (χ3v) is 3.41. The van der Waals surface area contributed by atoms with Crippen LogP contribution in [0.4, 0.5) is 11.5 Å². The summed E-state index contributed by atoms with van der Waals surface area (Å²) in [5.74, 6) is 1.53. The first kappa shape index (κ1) is 17.0. The standard InChI is InChI=1S/C17H18N6O/c1-12(2)13-3-5-14(6-4-13)24-17-15(20)16(21-11-22-17)23(9-7-18)10-8-19/h3-6,11-12H,9-10,20H2,1-2H3. The van der Waals surface area contributed by atoms with E-state index in [9.17, 15) is 0 Å². The van der Waals surface area contributed by atoms with Crippen LogP contribution in [0.3, 0.4) is 0 Å². The lowest BCUT2D eigenvalue weighted by Gasteiger charge is -2.19. The van der Waals surface area contributed by atoms with E-state index in [2.05, 4.69) is 23.8 Å². The summed E-state index contributed by atoms with van der Waals surface area (Å²) in [6.45, 7) is 4.22. The van der Waals surface area contributed by atoms with Gasteiger partial charge in [-0.25, -0.2) is 4.98 Å². The van der Waals surface area contributed by atoms with Crippen molar-refractivity contribution in [3.63, 3.8) is 0 Å². The normalized spacial score (nSPS) is 10.0. The third kappa shape index (κ3) is 3.90. The van der Waals surface area contributed by atoms with Crippen LogP contribution < -0.4 is 15.4 Å². The Labute approximate surface area is 140 Å². The molecule has 0 atom stereocenters. The Balaban J connectivity index is 2.27. The maximum atomic E-state index is 8.87. The van der Waals surface area contributed by atoms with Gasteiger partial charge in [0.2, 0.25) is 5.88 Å².